The summed E-state index contributed by atoms with van der Waals surface area (Å²) in [6.07, 6.45) is 0. The Hall–Kier alpha value is -1.76. The Labute approximate surface area is 127 Å². The molecule has 0 amide bonds. The summed E-state index contributed by atoms with van der Waals surface area (Å²) >= 11 is 1.30. The first-order chi connectivity index (χ1) is 10.2. The number of aromatic nitrogens is 1. The molecule has 2 rings (SSSR count). The van der Waals surface area contributed by atoms with Gasteiger partial charge in [0.05, 0.1) is 24.8 Å². The van der Waals surface area contributed by atoms with Crippen LogP contribution in [-0.2, 0) is 6.54 Å². The maximum atomic E-state index is 10.8. The SMILES string of the molecule is CC[NH+](CCO)Cc1ccccc1-c1nc(C(=O)[O-])cs1. The van der Waals surface area contributed by atoms with E-state index in [0.717, 1.165) is 24.2 Å². The van der Waals surface area contributed by atoms with E-state index in [4.69, 9.17) is 5.11 Å². The number of carboxylic acid groups (broad SMARTS) is 1. The van der Waals surface area contributed by atoms with Gasteiger partial charge in [-0.1, -0.05) is 24.3 Å². The van der Waals surface area contributed by atoms with E-state index in [9.17, 15) is 9.90 Å². The standard InChI is InChI=1S/C15H18N2O3S/c1-2-17(7-8-18)9-11-5-3-4-6-12(11)14-16-13(10-21-14)15(19)20/h3-6,10,18H,2,7-9H2,1H3,(H,19,20). The summed E-state index contributed by atoms with van der Waals surface area (Å²) in [4.78, 5) is 16.2. The van der Waals surface area contributed by atoms with Crippen LogP contribution in [0.15, 0.2) is 29.6 Å². The van der Waals surface area contributed by atoms with Crippen molar-refractivity contribution < 1.29 is 19.9 Å². The van der Waals surface area contributed by atoms with Crippen molar-refractivity contribution in [1.82, 2.24) is 4.98 Å². The van der Waals surface area contributed by atoms with Crippen LogP contribution in [0.3, 0.4) is 0 Å². The number of likely N-dealkylation sites (N-methyl/N-ethyl adjacent to an activating group) is 1. The molecule has 0 aliphatic rings. The van der Waals surface area contributed by atoms with Gasteiger partial charge in [0.25, 0.3) is 0 Å². The lowest BCUT2D eigenvalue weighted by Crippen LogP contribution is -3.10. The van der Waals surface area contributed by atoms with Crippen molar-refractivity contribution in [3.05, 3.63) is 40.9 Å². The van der Waals surface area contributed by atoms with Crippen molar-refractivity contribution >= 4 is 17.3 Å². The molecular formula is C15H18N2O3S. The molecule has 21 heavy (non-hydrogen) atoms. The molecule has 0 bridgehead atoms. The van der Waals surface area contributed by atoms with E-state index in [2.05, 4.69) is 11.9 Å². The van der Waals surface area contributed by atoms with Crippen molar-refractivity contribution in [1.29, 1.82) is 0 Å². The van der Waals surface area contributed by atoms with Crippen LogP contribution in [0.5, 0.6) is 0 Å². The molecule has 0 saturated heterocycles. The molecule has 0 aliphatic carbocycles. The number of nitrogens with one attached hydrogen (secondary N) is 1. The summed E-state index contributed by atoms with van der Waals surface area (Å²) in [5, 5.41) is 22.1. The van der Waals surface area contributed by atoms with Gasteiger partial charge in [0.2, 0.25) is 0 Å². The summed E-state index contributed by atoms with van der Waals surface area (Å²) < 4.78 is 0. The summed E-state index contributed by atoms with van der Waals surface area (Å²) in [6, 6.07) is 7.83. The van der Waals surface area contributed by atoms with Crippen LogP contribution in [0.25, 0.3) is 10.6 Å². The lowest BCUT2D eigenvalue weighted by molar-refractivity contribution is -0.912. The lowest BCUT2D eigenvalue weighted by Gasteiger charge is -2.17. The monoisotopic (exact) mass is 306 g/mol. The highest BCUT2D eigenvalue weighted by molar-refractivity contribution is 7.13. The number of quaternary nitrogens is 1. The molecule has 1 atom stereocenters. The molecule has 1 aromatic heterocycles. The average Bonchev–Trinajstić information content (AvgIpc) is 2.97. The predicted octanol–water partition coefficient (Wildman–Crippen LogP) is -0.429. The zero-order valence-corrected chi connectivity index (χ0v) is 12.7. The number of carbonyl (C=O) groups is 1. The van der Waals surface area contributed by atoms with Gasteiger partial charge in [-0.05, 0) is 6.92 Å². The molecule has 0 fully saturated rings. The molecule has 5 nitrogen and oxygen atoms in total. The van der Waals surface area contributed by atoms with Gasteiger partial charge < -0.3 is 19.9 Å². The lowest BCUT2D eigenvalue weighted by atomic mass is 10.1. The molecule has 112 valence electrons. The van der Waals surface area contributed by atoms with E-state index in [1.54, 1.807) is 0 Å². The molecule has 6 heteroatoms. The number of hydrogen-bond acceptors (Lipinski definition) is 5. The van der Waals surface area contributed by atoms with Crippen LogP contribution in [0.1, 0.15) is 23.0 Å². The second-order valence-electron chi connectivity index (χ2n) is 4.74. The smallest absolute Gasteiger partial charge is 0.124 e. The number of aromatic carboxylic acids is 1. The van der Waals surface area contributed by atoms with Crippen molar-refractivity contribution in [2.75, 3.05) is 19.7 Å². The number of aliphatic hydroxyl groups excluding tert-OH is 1. The van der Waals surface area contributed by atoms with Crippen LogP contribution in [0, 0.1) is 0 Å². The fraction of sp³-hybridized carbons (Fsp3) is 0.333. The number of benzene rings is 1. The molecule has 0 aliphatic heterocycles. The zero-order valence-electron chi connectivity index (χ0n) is 11.8. The number of carboxylic acids is 1. The highest BCUT2D eigenvalue weighted by atomic mass is 32.1. The van der Waals surface area contributed by atoms with E-state index in [1.807, 2.05) is 24.3 Å². The number of nitrogens with zero attached hydrogens (tertiary/aromatic N) is 1. The Morgan fingerprint density at radius 3 is 2.81 bits per heavy atom. The minimum atomic E-state index is -1.25. The van der Waals surface area contributed by atoms with E-state index in [1.165, 1.54) is 21.6 Å². The third kappa shape index (κ3) is 3.87. The Kier molecular flexibility index (Phi) is 5.44. The Morgan fingerprint density at radius 2 is 2.19 bits per heavy atom. The molecule has 0 spiro atoms. The van der Waals surface area contributed by atoms with E-state index in [0.29, 0.717) is 11.6 Å². The second kappa shape index (κ2) is 7.31. The normalized spacial score (nSPS) is 12.3. The van der Waals surface area contributed by atoms with Crippen LogP contribution in [0.4, 0.5) is 0 Å². The maximum absolute atomic E-state index is 10.8. The molecule has 0 radical (unpaired) electrons. The van der Waals surface area contributed by atoms with Gasteiger partial charge in [-0.15, -0.1) is 11.3 Å². The van der Waals surface area contributed by atoms with Crippen molar-refractivity contribution in [3.63, 3.8) is 0 Å². The molecule has 2 N–H and O–H groups in total. The minimum Gasteiger partial charge on any atom is -0.543 e. The number of hydrogen-bond donors (Lipinski definition) is 2. The zero-order chi connectivity index (χ0) is 15.2. The first-order valence-electron chi connectivity index (χ1n) is 6.85. The van der Waals surface area contributed by atoms with Gasteiger partial charge in [-0.3, -0.25) is 0 Å². The quantitative estimate of drug-likeness (QED) is 0.728. The average molecular weight is 306 g/mol. The van der Waals surface area contributed by atoms with Gasteiger partial charge >= 0.3 is 0 Å². The van der Waals surface area contributed by atoms with Gasteiger partial charge in [-0.2, -0.15) is 0 Å². The number of rotatable bonds is 7. The van der Waals surface area contributed by atoms with E-state index < -0.39 is 5.97 Å². The van der Waals surface area contributed by atoms with Crippen molar-refractivity contribution in [2.45, 2.75) is 13.5 Å². The van der Waals surface area contributed by atoms with Gasteiger partial charge in [0.15, 0.2) is 0 Å². The predicted molar refractivity (Wildman–Crippen MR) is 79.0 cm³/mol. The van der Waals surface area contributed by atoms with Crippen LogP contribution >= 0.6 is 11.3 Å². The summed E-state index contributed by atoms with van der Waals surface area (Å²) in [7, 11) is 0. The fourth-order valence-corrected chi connectivity index (χ4v) is 3.04. The van der Waals surface area contributed by atoms with Crippen LogP contribution < -0.4 is 10.0 Å². The third-order valence-electron chi connectivity index (χ3n) is 3.37. The Balaban J connectivity index is 2.29. The first-order valence-corrected chi connectivity index (χ1v) is 7.73. The number of aliphatic hydroxyl groups is 1. The summed E-state index contributed by atoms with van der Waals surface area (Å²) in [5.74, 6) is -1.25. The summed E-state index contributed by atoms with van der Waals surface area (Å²) in [6.45, 7) is 4.60. The van der Waals surface area contributed by atoms with Gasteiger partial charge in [0.1, 0.15) is 18.1 Å². The largest absolute Gasteiger partial charge is 0.543 e. The van der Waals surface area contributed by atoms with Crippen LogP contribution in [0.2, 0.25) is 0 Å². The molecule has 2 aromatic rings. The second-order valence-corrected chi connectivity index (χ2v) is 5.59. The van der Waals surface area contributed by atoms with E-state index >= 15 is 0 Å². The minimum absolute atomic E-state index is 0.0279. The number of carbonyl (C=O) groups excluding carboxylic acids is 1. The number of thiazole rings is 1. The van der Waals surface area contributed by atoms with Crippen molar-refractivity contribution in [3.8, 4) is 10.6 Å². The highest BCUT2D eigenvalue weighted by Gasteiger charge is 2.14. The first kappa shape index (κ1) is 15.6. The molecular weight excluding hydrogens is 288 g/mol. The molecule has 1 aromatic carbocycles. The van der Waals surface area contributed by atoms with Crippen LogP contribution in [-0.4, -0.2) is 35.8 Å². The molecule has 1 heterocycles. The summed E-state index contributed by atoms with van der Waals surface area (Å²) in [5.41, 5.74) is 2.01. The maximum Gasteiger partial charge on any atom is 0.124 e. The molecule has 0 saturated carbocycles. The van der Waals surface area contributed by atoms with Crippen molar-refractivity contribution in [2.24, 2.45) is 0 Å². The third-order valence-corrected chi connectivity index (χ3v) is 4.24. The van der Waals surface area contributed by atoms with Gasteiger partial charge in [-0.25, -0.2) is 4.98 Å². The molecule has 1 unspecified atom stereocenters. The van der Waals surface area contributed by atoms with Gasteiger partial charge in [0, 0.05) is 16.5 Å². The Morgan fingerprint density at radius 1 is 1.43 bits per heavy atom. The van der Waals surface area contributed by atoms with E-state index in [-0.39, 0.29) is 12.3 Å². The topological polar surface area (TPSA) is 77.7 Å². The highest BCUT2D eigenvalue weighted by Crippen LogP contribution is 2.26. The fourth-order valence-electron chi connectivity index (χ4n) is 2.19. The Bertz CT molecular complexity index is 612.